The number of hydrogen-bond donors (Lipinski definition) is 2. The monoisotopic (exact) mass is 312 g/mol. The third-order valence-electron chi connectivity index (χ3n) is 3.43. The minimum atomic E-state index is -0.338. The molecule has 23 heavy (non-hydrogen) atoms. The van der Waals surface area contributed by atoms with Crippen molar-refractivity contribution in [3.8, 4) is 28.5 Å². The summed E-state index contributed by atoms with van der Waals surface area (Å²) in [5.74, 6) is 1.31. The lowest BCUT2D eigenvalue weighted by Gasteiger charge is -2.15. The summed E-state index contributed by atoms with van der Waals surface area (Å²) in [5, 5.41) is 13.3. The number of ether oxygens (including phenoxy) is 1. The molecule has 0 saturated heterocycles. The van der Waals surface area contributed by atoms with Gasteiger partial charge in [-0.05, 0) is 30.7 Å². The Balaban J connectivity index is 2.00. The molecule has 3 rings (SSSR count). The zero-order valence-corrected chi connectivity index (χ0v) is 12.8. The molecule has 3 aromatic rings. The number of hydrogen-bond acceptors (Lipinski definition) is 6. The van der Waals surface area contributed by atoms with Gasteiger partial charge >= 0.3 is 0 Å². The van der Waals surface area contributed by atoms with Crippen LogP contribution in [0, 0.1) is 0 Å². The molecule has 118 valence electrons. The molecule has 2 aromatic heterocycles. The van der Waals surface area contributed by atoms with E-state index in [-0.39, 0.29) is 23.1 Å². The number of nitrogens with zero attached hydrogens (tertiary/aromatic N) is 4. The van der Waals surface area contributed by atoms with Crippen molar-refractivity contribution in [2.45, 2.75) is 26.4 Å². The molecular weight excluding hydrogens is 296 g/mol. The highest BCUT2D eigenvalue weighted by atomic mass is 16.5. The van der Waals surface area contributed by atoms with Crippen LogP contribution in [-0.2, 0) is 0 Å². The number of tetrazole rings is 1. The van der Waals surface area contributed by atoms with Crippen molar-refractivity contribution in [3.63, 3.8) is 0 Å². The first kappa shape index (κ1) is 14.9. The summed E-state index contributed by atoms with van der Waals surface area (Å²) in [6, 6.07) is 7.46. The van der Waals surface area contributed by atoms with Gasteiger partial charge < -0.3 is 9.72 Å². The molecule has 2 N–H and O–H groups in total. The van der Waals surface area contributed by atoms with Crippen molar-refractivity contribution in [1.29, 1.82) is 0 Å². The second-order valence-corrected chi connectivity index (χ2v) is 5.04. The molecule has 0 aliphatic rings. The molecule has 0 aliphatic heterocycles. The molecule has 8 nitrogen and oxygen atoms in total. The zero-order valence-electron chi connectivity index (χ0n) is 12.8. The van der Waals surface area contributed by atoms with Crippen LogP contribution in [0.1, 0.15) is 20.3 Å². The summed E-state index contributed by atoms with van der Waals surface area (Å²) in [7, 11) is 0. The maximum atomic E-state index is 12.2. The van der Waals surface area contributed by atoms with Gasteiger partial charge in [-0.15, -0.1) is 10.2 Å². The minimum Gasteiger partial charge on any atom is -0.490 e. The second kappa shape index (κ2) is 6.39. The first-order chi connectivity index (χ1) is 11.2. The van der Waals surface area contributed by atoms with E-state index in [9.17, 15) is 4.79 Å². The van der Waals surface area contributed by atoms with E-state index in [2.05, 4.69) is 30.6 Å². The van der Waals surface area contributed by atoms with Crippen molar-refractivity contribution in [2.24, 2.45) is 0 Å². The molecule has 0 saturated carbocycles. The molecule has 8 heteroatoms. The average molecular weight is 312 g/mol. The van der Waals surface area contributed by atoms with Crippen LogP contribution < -0.4 is 10.3 Å². The largest absolute Gasteiger partial charge is 0.490 e. The molecule has 1 atom stereocenters. The Labute approximate surface area is 131 Å². The number of aromatic amines is 2. The number of H-pyrrole nitrogens is 2. The van der Waals surface area contributed by atoms with Gasteiger partial charge in [-0.25, -0.2) is 4.98 Å². The Morgan fingerprint density at radius 1 is 1.26 bits per heavy atom. The van der Waals surface area contributed by atoms with Crippen LogP contribution in [-0.4, -0.2) is 36.7 Å². The van der Waals surface area contributed by atoms with E-state index < -0.39 is 0 Å². The smallest absolute Gasteiger partial charge is 0.262 e. The molecule has 2 heterocycles. The SMILES string of the molecule is CC[C@H](C)Oc1ccccc1-c1ncc(-c2nn[nH]n2)c(=O)[nH]1. The van der Waals surface area contributed by atoms with E-state index in [0.717, 1.165) is 12.0 Å². The van der Waals surface area contributed by atoms with Gasteiger partial charge in [0.05, 0.1) is 11.7 Å². The van der Waals surface area contributed by atoms with Crippen molar-refractivity contribution in [3.05, 3.63) is 40.8 Å². The highest BCUT2D eigenvalue weighted by molar-refractivity contribution is 5.65. The number of benzene rings is 1. The fraction of sp³-hybridized carbons (Fsp3) is 0.267. The van der Waals surface area contributed by atoms with E-state index in [1.54, 1.807) is 0 Å². The van der Waals surface area contributed by atoms with E-state index in [0.29, 0.717) is 11.6 Å². The topological polar surface area (TPSA) is 109 Å². The predicted octanol–water partition coefficient (Wildman–Crippen LogP) is 1.79. The quantitative estimate of drug-likeness (QED) is 0.743. The van der Waals surface area contributed by atoms with Gasteiger partial charge in [-0.3, -0.25) is 4.79 Å². The lowest BCUT2D eigenvalue weighted by molar-refractivity contribution is 0.218. The number of nitrogens with one attached hydrogen (secondary N) is 2. The lowest BCUT2D eigenvalue weighted by atomic mass is 10.1. The maximum absolute atomic E-state index is 12.2. The summed E-state index contributed by atoms with van der Waals surface area (Å²) >= 11 is 0. The van der Waals surface area contributed by atoms with E-state index in [1.165, 1.54) is 6.20 Å². The first-order valence-corrected chi connectivity index (χ1v) is 7.28. The Morgan fingerprint density at radius 3 is 2.78 bits per heavy atom. The van der Waals surface area contributed by atoms with Gasteiger partial charge in [-0.1, -0.05) is 19.1 Å². The molecule has 0 aliphatic carbocycles. The normalized spacial score (nSPS) is 12.1. The molecule has 0 spiro atoms. The Bertz CT molecular complexity index is 843. The van der Waals surface area contributed by atoms with Gasteiger partial charge in [0, 0.05) is 6.20 Å². The zero-order chi connectivity index (χ0) is 16.2. The number of rotatable bonds is 5. The minimum absolute atomic E-state index is 0.0708. The van der Waals surface area contributed by atoms with Crippen molar-refractivity contribution < 1.29 is 4.74 Å². The van der Waals surface area contributed by atoms with Crippen molar-refractivity contribution in [2.75, 3.05) is 0 Å². The molecule has 0 radical (unpaired) electrons. The highest BCUT2D eigenvalue weighted by Crippen LogP contribution is 2.28. The van der Waals surface area contributed by atoms with Gasteiger partial charge in [0.1, 0.15) is 17.1 Å². The van der Waals surface area contributed by atoms with Crippen LogP contribution >= 0.6 is 0 Å². The standard InChI is InChI=1S/C15H16N6O2/c1-3-9(2)23-12-7-5-4-6-10(12)13-16-8-11(15(22)17-13)14-18-20-21-19-14/h4-9H,3H2,1-2H3,(H,16,17,22)(H,18,19,20,21)/t9-/m0/s1. The van der Waals surface area contributed by atoms with E-state index in [4.69, 9.17) is 4.74 Å². The molecule has 0 fully saturated rings. The molecule has 1 aromatic carbocycles. The molecule has 0 unspecified atom stereocenters. The fourth-order valence-electron chi connectivity index (χ4n) is 2.03. The van der Waals surface area contributed by atoms with Gasteiger partial charge in [0.15, 0.2) is 0 Å². The lowest BCUT2D eigenvalue weighted by Crippen LogP contribution is -2.14. The van der Waals surface area contributed by atoms with E-state index >= 15 is 0 Å². The Kier molecular flexibility index (Phi) is 4.13. The maximum Gasteiger partial charge on any atom is 0.262 e. The van der Waals surface area contributed by atoms with E-state index in [1.807, 2.05) is 38.1 Å². The molecule has 0 bridgehead atoms. The second-order valence-electron chi connectivity index (χ2n) is 5.04. The van der Waals surface area contributed by atoms with Gasteiger partial charge in [0.25, 0.3) is 5.56 Å². The Morgan fingerprint density at radius 2 is 2.09 bits per heavy atom. The van der Waals surface area contributed by atoms with Crippen LogP contribution in [0.2, 0.25) is 0 Å². The summed E-state index contributed by atoms with van der Waals surface area (Å²) in [5.41, 5.74) is 0.641. The van der Waals surface area contributed by atoms with Crippen LogP contribution in [0.3, 0.4) is 0 Å². The molecular formula is C15H16N6O2. The average Bonchev–Trinajstić information content (AvgIpc) is 3.09. The Hall–Kier alpha value is -3.03. The number of aromatic nitrogens is 6. The molecule has 0 amide bonds. The van der Waals surface area contributed by atoms with Crippen LogP contribution in [0.4, 0.5) is 0 Å². The number of para-hydroxylation sites is 1. The summed E-state index contributed by atoms with van der Waals surface area (Å²) < 4.78 is 5.89. The predicted molar refractivity (Wildman–Crippen MR) is 83.8 cm³/mol. The first-order valence-electron chi connectivity index (χ1n) is 7.28. The van der Waals surface area contributed by atoms with Gasteiger partial charge in [0.2, 0.25) is 5.82 Å². The highest BCUT2D eigenvalue weighted by Gasteiger charge is 2.14. The summed E-state index contributed by atoms with van der Waals surface area (Å²) in [6.45, 7) is 4.04. The third kappa shape index (κ3) is 3.10. The van der Waals surface area contributed by atoms with Crippen molar-refractivity contribution >= 4 is 0 Å². The van der Waals surface area contributed by atoms with Crippen LogP contribution in [0.15, 0.2) is 35.3 Å². The van der Waals surface area contributed by atoms with Crippen LogP contribution in [0.5, 0.6) is 5.75 Å². The summed E-state index contributed by atoms with van der Waals surface area (Å²) in [4.78, 5) is 19.3. The summed E-state index contributed by atoms with van der Waals surface area (Å²) in [6.07, 6.45) is 2.38. The van der Waals surface area contributed by atoms with Crippen molar-refractivity contribution in [1.82, 2.24) is 30.6 Å². The van der Waals surface area contributed by atoms with Crippen LogP contribution in [0.25, 0.3) is 22.8 Å². The van der Waals surface area contributed by atoms with Gasteiger partial charge in [-0.2, -0.15) is 5.21 Å². The fourth-order valence-corrected chi connectivity index (χ4v) is 2.03. The third-order valence-corrected chi connectivity index (χ3v) is 3.43.